The van der Waals surface area contributed by atoms with E-state index in [0.29, 0.717) is 6.54 Å². The summed E-state index contributed by atoms with van der Waals surface area (Å²) in [5.74, 6) is 0.460. The summed E-state index contributed by atoms with van der Waals surface area (Å²) in [6, 6.07) is 14.3. The molecule has 4 N–H and O–H groups in total. The van der Waals surface area contributed by atoms with Gasteiger partial charge in [-0.3, -0.25) is 0 Å². The van der Waals surface area contributed by atoms with E-state index in [1.54, 1.807) is 24.3 Å². The van der Waals surface area contributed by atoms with E-state index in [-0.39, 0.29) is 18.0 Å². The van der Waals surface area contributed by atoms with E-state index >= 15 is 0 Å². The van der Waals surface area contributed by atoms with E-state index in [2.05, 4.69) is 4.33 Å². The first-order valence-corrected chi connectivity index (χ1v) is 8.30. The van der Waals surface area contributed by atoms with Gasteiger partial charge in [-0.15, -0.1) is 0 Å². The molecule has 0 unspecified atom stereocenters. The average molecular weight is 326 g/mol. The van der Waals surface area contributed by atoms with Crippen LogP contribution in [0, 0.1) is 0 Å². The molecule has 2 rings (SSSR count). The Hall–Kier alpha value is -1.78. The Bertz CT molecular complexity index is 639. The van der Waals surface area contributed by atoms with Gasteiger partial charge in [0.05, 0.1) is 0 Å². The fourth-order valence-corrected chi connectivity index (χ4v) is 3.69. The number of benzene rings is 2. The Balaban J connectivity index is 2.44. The molecule has 2 aromatic rings. The number of hydrogen-bond donors (Lipinski definition) is 3. The van der Waals surface area contributed by atoms with E-state index in [4.69, 9.17) is 5.73 Å². The molecule has 0 aliphatic heterocycles. The topological polar surface area (TPSA) is 76.3 Å². The minimum absolute atomic E-state index is 0.230. The summed E-state index contributed by atoms with van der Waals surface area (Å²) in [4.78, 5) is 3.91. The maximum atomic E-state index is 9.86. The van der Waals surface area contributed by atoms with Gasteiger partial charge in [-0.25, -0.2) is 0 Å². The van der Waals surface area contributed by atoms with Crippen LogP contribution in [0.25, 0.3) is 0 Å². The molecule has 2 aromatic carbocycles. The number of nitrogens with one attached hydrogen (secondary N) is 2. The quantitative estimate of drug-likeness (QED) is 0.729. The zero-order valence-corrected chi connectivity index (χ0v) is 12.5. The number of rotatable bonds is 5. The molecule has 0 aromatic heterocycles. The first-order valence-electron chi connectivity index (χ1n) is 6.47. The van der Waals surface area contributed by atoms with Crippen molar-refractivity contribution in [2.24, 2.45) is 0 Å². The van der Waals surface area contributed by atoms with E-state index in [0.717, 1.165) is 11.1 Å². The Morgan fingerprint density at radius 3 is 1.81 bits per heavy atom. The van der Waals surface area contributed by atoms with Crippen molar-refractivity contribution in [1.82, 2.24) is 10.1 Å². The summed E-state index contributed by atoms with van der Waals surface area (Å²) in [6.07, 6.45) is 0. The summed E-state index contributed by atoms with van der Waals surface area (Å²) in [6.45, 7) is 0.848. The van der Waals surface area contributed by atoms with Gasteiger partial charge in [0, 0.05) is 0 Å². The first-order chi connectivity index (χ1) is 10.2. The molecule has 0 amide bonds. The molecule has 0 aliphatic rings. The predicted molar refractivity (Wildman–Crippen MR) is 82.5 cm³/mol. The summed E-state index contributed by atoms with van der Waals surface area (Å²) in [5, 5.41) is 19.7. The van der Waals surface area contributed by atoms with Crippen LogP contribution in [0.15, 0.2) is 48.5 Å². The third-order valence-corrected chi connectivity index (χ3v) is 4.77. The summed E-state index contributed by atoms with van der Waals surface area (Å²) in [7, 11) is 0. The third kappa shape index (κ3) is 4.62. The van der Waals surface area contributed by atoms with Crippen LogP contribution in [-0.2, 0) is 13.2 Å². The number of phenols is 2. The number of aromatic hydroxyl groups is 2. The van der Waals surface area contributed by atoms with Gasteiger partial charge in [0.25, 0.3) is 0 Å². The molecule has 0 atom stereocenters. The van der Waals surface area contributed by atoms with Crippen molar-refractivity contribution in [2.45, 2.75) is 0 Å². The molecule has 0 aliphatic carbocycles. The Labute approximate surface area is 128 Å². The van der Waals surface area contributed by atoms with Crippen molar-refractivity contribution < 1.29 is 23.5 Å². The van der Waals surface area contributed by atoms with Gasteiger partial charge in [0.1, 0.15) is 0 Å². The van der Waals surface area contributed by atoms with Crippen LogP contribution in [0.1, 0.15) is 11.1 Å². The molecule has 0 spiro atoms. The van der Waals surface area contributed by atoms with Crippen LogP contribution in [0.5, 0.6) is 11.5 Å². The third-order valence-electron chi connectivity index (χ3n) is 2.67. The van der Waals surface area contributed by atoms with Crippen molar-refractivity contribution >= 4 is 9.84 Å². The molecular formula is C16H18FeN2O2. The molecule has 0 saturated heterocycles. The number of hydrogen-bond acceptors (Lipinski definition) is 3. The molecule has 0 fully saturated rings. The Morgan fingerprint density at radius 1 is 0.905 bits per heavy atom. The second-order valence-electron chi connectivity index (χ2n) is 4.27. The van der Waals surface area contributed by atoms with Crippen LogP contribution in [0.4, 0.5) is 0 Å². The van der Waals surface area contributed by atoms with Crippen LogP contribution in [0.3, 0.4) is 0 Å². The predicted octanol–water partition coefficient (Wildman–Crippen LogP) is 1.50. The van der Waals surface area contributed by atoms with Gasteiger partial charge in [0.2, 0.25) is 0 Å². The van der Waals surface area contributed by atoms with Crippen LogP contribution in [-0.4, -0.2) is 33.1 Å². The second-order valence-corrected chi connectivity index (χ2v) is 6.30. The first kappa shape index (κ1) is 15.6. The average Bonchev–Trinajstić information content (AvgIpc) is 2.49. The SMILES string of the molecule is [NH]CC[NH]/[Fe](=[CH]\c1ccccc1O)=[CH]/c1ccccc1O. The molecule has 0 bridgehead atoms. The minimum atomic E-state index is -1.09. The van der Waals surface area contributed by atoms with Gasteiger partial charge in [-0.2, -0.15) is 0 Å². The molecule has 4 nitrogen and oxygen atoms in total. The maximum absolute atomic E-state index is 9.86. The van der Waals surface area contributed by atoms with Crippen LogP contribution >= 0.6 is 0 Å². The number of phenolic OH excluding ortho intramolecular Hbond substituents is 2. The standard InChI is InChI=1S/2C7H6O.C2H6N2.Fe/c2*1-6-4-2-3-5-7(6)8;3-1-2-4;/h2*1-5,8H;3-4H,1-2H2;/q;;-1;+1. The molecule has 112 valence electrons. The zero-order chi connectivity index (χ0) is 15.1. The summed E-state index contributed by atoms with van der Waals surface area (Å²) >= 11 is -1.09. The number of para-hydroxylation sites is 2. The molecule has 1 radical (unpaired) electrons. The van der Waals surface area contributed by atoms with Crippen LogP contribution in [0.2, 0.25) is 0 Å². The van der Waals surface area contributed by atoms with Crippen molar-refractivity contribution in [3.8, 4) is 11.5 Å². The van der Waals surface area contributed by atoms with Crippen molar-refractivity contribution in [3.05, 3.63) is 59.7 Å². The van der Waals surface area contributed by atoms with Gasteiger partial charge in [-0.05, 0) is 0 Å². The van der Waals surface area contributed by atoms with Gasteiger partial charge < -0.3 is 0 Å². The Morgan fingerprint density at radius 2 is 1.38 bits per heavy atom. The van der Waals surface area contributed by atoms with Crippen molar-refractivity contribution in [1.29, 1.82) is 0 Å². The molecule has 0 heterocycles. The summed E-state index contributed by atoms with van der Waals surface area (Å²) in [5.41, 5.74) is 8.77. The van der Waals surface area contributed by atoms with Crippen LogP contribution < -0.4 is 10.1 Å². The molecular weight excluding hydrogens is 308 g/mol. The van der Waals surface area contributed by atoms with E-state index < -0.39 is 13.2 Å². The van der Waals surface area contributed by atoms with E-state index in [1.807, 2.05) is 34.1 Å². The Kier molecular flexibility index (Phi) is 5.84. The van der Waals surface area contributed by atoms with Gasteiger partial charge in [-0.1, -0.05) is 0 Å². The van der Waals surface area contributed by atoms with Crippen molar-refractivity contribution in [2.75, 3.05) is 13.1 Å². The van der Waals surface area contributed by atoms with E-state index in [9.17, 15) is 10.2 Å². The molecule has 5 heteroatoms. The monoisotopic (exact) mass is 326 g/mol. The molecule has 0 saturated carbocycles. The zero-order valence-electron chi connectivity index (χ0n) is 11.4. The van der Waals surface area contributed by atoms with Gasteiger partial charge >= 0.3 is 128 Å². The van der Waals surface area contributed by atoms with Crippen molar-refractivity contribution in [3.63, 3.8) is 0 Å². The second kappa shape index (κ2) is 7.86. The van der Waals surface area contributed by atoms with Gasteiger partial charge in [0.15, 0.2) is 0 Å². The molecule has 21 heavy (non-hydrogen) atoms. The van der Waals surface area contributed by atoms with E-state index in [1.165, 1.54) is 0 Å². The normalized spacial score (nSPS) is 12.6. The fourth-order valence-electron chi connectivity index (χ4n) is 1.63. The fraction of sp³-hybridized carbons (Fsp3) is 0.125. The summed E-state index contributed by atoms with van der Waals surface area (Å²) < 4.78 is 3.28.